The van der Waals surface area contributed by atoms with E-state index in [9.17, 15) is 4.79 Å². The largest absolute Gasteiger partial charge is 0.316 e. The SMILES string of the molecule is Cl.O=C1CCNCC1C1c2ccccc2C=Cc2ccccc21. The normalized spacial score (nSPS) is 20.2. The fourth-order valence-electron chi connectivity index (χ4n) is 3.74. The predicted octanol–water partition coefficient (Wildman–Crippen LogP) is 3.90. The summed E-state index contributed by atoms with van der Waals surface area (Å²) in [6.45, 7) is 1.58. The molecule has 3 heteroatoms. The maximum atomic E-state index is 12.6. The second-order valence-corrected chi connectivity index (χ2v) is 6.10. The molecule has 1 heterocycles. The Hall–Kier alpha value is -1.90. The van der Waals surface area contributed by atoms with Crippen LogP contribution in [0.1, 0.15) is 34.6 Å². The number of rotatable bonds is 1. The monoisotopic (exact) mass is 325 g/mol. The van der Waals surface area contributed by atoms with Crippen molar-refractivity contribution in [1.82, 2.24) is 5.32 Å². The molecule has 1 N–H and O–H groups in total. The van der Waals surface area contributed by atoms with Crippen molar-refractivity contribution in [1.29, 1.82) is 0 Å². The summed E-state index contributed by atoms with van der Waals surface area (Å²) in [6.07, 6.45) is 4.99. The Balaban J connectivity index is 0.00000156. The molecular weight excluding hydrogens is 306 g/mol. The quantitative estimate of drug-likeness (QED) is 0.861. The number of nitrogens with one attached hydrogen (secondary N) is 1. The number of carbonyl (C=O) groups excluding carboxylic acids is 1. The first-order valence-corrected chi connectivity index (χ1v) is 7.94. The number of benzene rings is 2. The average Bonchev–Trinajstić information content (AvgIpc) is 2.73. The lowest BCUT2D eigenvalue weighted by Crippen LogP contribution is -2.40. The van der Waals surface area contributed by atoms with Crippen LogP contribution in [0.15, 0.2) is 48.5 Å². The summed E-state index contributed by atoms with van der Waals surface area (Å²) < 4.78 is 0. The molecule has 118 valence electrons. The predicted molar refractivity (Wildman–Crippen MR) is 96.9 cm³/mol. The highest BCUT2D eigenvalue weighted by Gasteiger charge is 2.34. The molecule has 2 nitrogen and oxygen atoms in total. The van der Waals surface area contributed by atoms with Crippen LogP contribution in [-0.4, -0.2) is 18.9 Å². The number of fused-ring (bicyclic) bond motifs is 2. The maximum Gasteiger partial charge on any atom is 0.139 e. The number of hydrogen-bond donors (Lipinski definition) is 1. The number of halogens is 1. The molecule has 0 amide bonds. The zero-order chi connectivity index (χ0) is 14.9. The van der Waals surface area contributed by atoms with Crippen LogP contribution in [0.3, 0.4) is 0 Å². The summed E-state index contributed by atoms with van der Waals surface area (Å²) >= 11 is 0. The summed E-state index contributed by atoms with van der Waals surface area (Å²) in [5, 5.41) is 3.40. The first-order chi connectivity index (χ1) is 10.8. The molecule has 0 bridgehead atoms. The van der Waals surface area contributed by atoms with Crippen molar-refractivity contribution < 1.29 is 4.79 Å². The van der Waals surface area contributed by atoms with Gasteiger partial charge in [0.05, 0.1) is 0 Å². The van der Waals surface area contributed by atoms with Crippen molar-refractivity contribution in [3.05, 3.63) is 70.8 Å². The van der Waals surface area contributed by atoms with E-state index in [1.807, 2.05) is 0 Å². The van der Waals surface area contributed by atoms with Gasteiger partial charge in [-0.2, -0.15) is 0 Å². The minimum Gasteiger partial charge on any atom is -0.316 e. The summed E-state index contributed by atoms with van der Waals surface area (Å²) in [6, 6.07) is 16.9. The van der Waals surface area contributed by atoms with Gasteiger partial charge in [-0.15, -0.1) is 12.4 Å². The van der Waals surface area contributed by atoms with Crippen LogP contribution >= 0.6 is 12.4 Å². The second kappa shape index (κ2) is 6.69. The molecule has 0 radical (unpaired) electrons. The topological polar surface area (TPSA) is 29.1 Å². The van der Waals surface area contributed by atoms with Gasteiger partial charge in [-0.1, -0.05) is 60.7 Å². The van der Waals surface area contributed by atoms with Crippen LogP contribution in [0.4, 0.5) is 0 Å². The highest BCUT2D eigenvalue weighted by atomic mass is 35.5. The number of hydrogen-bond acceptors (Lipinski definition) is 2. The number of carbonyl (C=O) groups is 1. The maximum absolute atomic E-state index is 12.6. The standard InChI is InChI=1S/C20H19NO.ClH/c22-19-11-12-21-13-18(19)20-16-7-3-1-5-14(16)9-10-15-6-2-4-8-17(15)20;/h1-10,18,20-21H,11-13H2;1H. The van der Waals surface area contributed by atoms with Gasteiger partial charge >= 0.3 is 0 Å². The van der Waals surface area contributed by atoms with Crippen LogP contribution in [0.2, 0.25) is 0 Å². The fourth-order valence-corrected chi connectivity index (χ4v) is 3.74. The van der Waals surface area contributed by atoms with Gasteiger partial charge in [-0.05, 0) is 22.3 Å². The molecule has 0 aromatic heterocycles. The van der Waals surface area contributed by atoms with Crippen molar-refractivity contribution in [2.45, 2.75) is 12.3 Å². The first-order valence-electron chi connectivity index (χ1n) is 7.94. The summed E-state index contributed by atoms with van der Waals surface area (Å²) in [5.41, 5.74) is 4.99. The smallest absolute Gasteiger partial charge is 0.139 e. The van der Waals surface area contributed by atoms with Crippen molar-refractivity contribution in [3.8, 4) is 0 Å². The van der Waals surface area contributed by atoms with E-state index in [0.717, 1.165) is 13.1 Å². The molecule has 1 fully saturated rings. The Kier molecular flexibility index (Phi) is 4.65. The third-order valence-electron chi connectivity index (χ3n) is 4.83. The fraction of sp³-hybridized carbons (Fsp3) is 0.250. The van der Waals surface area contributed by atoms with Crippen molar-refractivity contribution in [2.24, 2.45) is 5.92 Å². The molecule has 1 saturated heterocycles. The van der Waals surface area contributed by atoms with E-state index in [1.165, 1.54) is 22.3 Å². The third kappa shape index (κ3) is 2.85. The molecule has 1 unspecified atom stereocenters. The van der Waals surface area contributed by atoms with E-state index in [1.54, 1.807) is 0 Å². The van der Waals surface area contributed by atoms with E-state index in [0.29, 0.717) is 12.2 Å². The van der Waals surface area contributed by atoms with Crippen LogP contribution in [0.25, 0.3) is 12.2 Å². The van der Waals surface area contributed by atoms with Crippen LogP contribution in [0.5, 0.6) is 0 Å². The van der Waals surface area contributed by atoms with E-state index in [2.05, 4.69) is 66.0 Å². The van der Waals surface area contributed by atoms with Gasteiger partial charge in [0.2, 0.25) is 0 Å². The van der Waals surface area contributed by atoms with E-state index in [-0.39, 0.29) is 24.2 Å². The highest BCUT2D eigenvalue weighted by Crippen LogP contribution is 2.40. The van der Waals surface area contributed by atoms with E-state index in [4.69, 9.17) is 0 Å². The minimum atomic E-state index is 0. The van der Waals surface area contributed by atoms with Gasteiger partial charge in [0.15, 0.2) is 0 Å². The number of Topliss-reactive ketones (excluding diaryl/α,β-unsaturated/α-hetero) is 1. The van der Waals surface area contributed by atoms with Gasteiger partial charge in [-0.25, -0.2) is 0 Å². The molecule has 2 aliphatic rings. The Labute approximate surface area is 143 Å². The lowest BCUT2D eigenvalue weighted by atomic mass is 9.75. The van der Waals surface area contributed by atoms with Crippen molar-refractivity contribution in [3.63, 3.8) is 0 Å². The van der Waals surface area contributed by atoms with Crippen molar-refractivity contribution in [2.75, 3.05) is 13.1 Å². The van der Waals surface area contributed by atoms with Crippen LogP contribution in [0, 0.1) is 5.92 Å². The Bertz CT molecular complexity index is 703. The van der Waals surface area contributed by atoms with Gasteiger partial charge in [-0.3, -0.25) is 4.79 Å². The van der Waals surface area contributed by atoms with Gasteiger partial charge < -0.3 is 5.32 Å². The molecular formula is C20H20ClNO. The average molecular weight is 326 g/mol. The van der Waals surface area contributed by atoms with Crippen molar-refractivity contribution >= 4 is 30.3 Å². The molecule has 0 spiro atoms. The number of ketones is 1. The summed E-state index contributed by atoms with van der Waals surface area (Å²) in [7, 11) is 0. The lowest BCUT2D eigenvalue weighted by molar-refractivity contribution is -0.124. The molecule has 1 aliphatic carbocycles. The third-order valence-corrected chi connectivity index (χ3v) is 4.83. The van der Waals surface area contributed by atoms with E-state index < -0.39 is 0 Å². The molecule has 4 rings (SSSR count). The summed E-state index contributed by atoms with van der Waals surface area (Å²) in [4.78, 5) is 12.6. The van der Waals surface area contributed by atoms with Gasteiger partial charge in [0.1, 0.15) is 5.78 Å². The molecule has 23 heavy (non-hydrogen) atoms. The zero-order valence-corrected chi connectivity index (χ0v) is 13.7. The number of piperidine rings is 1. The first kappa shape index (κ1) is 16.0. The highest BCUT2D eigenvalue weighted by molar-refractivity contribution is 5.86. The molecule has 2 aromatic rings. The lowest BCUT2D eigenvalue weighted by Gasteiger charge is -2.31. The molecule has 1 atom stereocenters. The summed E-state index contributed by atoms with van der Waals surface area (Å²) in [5.74, 6) is 0.550. The Morgan fingerprint density at radius 2 is 1.43 bits per heavy atom. The van der Waals surface area contributed by atoms with Crippen LogP contribution < -0.4 is 5.32 Å². The van der Waals surface area contributed by atoms with E-state index >= 15 is 0 Å². The van der Waals surface area contributed by atoms with Gasteiger partial charge in [0, 0.05) is 31.3 Å². The Morgan fingerprint density at radius 3 is 2.00 bits per heavy atom. The molecule has 2 aromatic carbocycles. The molecule has 1 aliphatic heterocycles. The zero-order valence-electron chi connectivity index (χ0n) is 12.9. The molecule has 0 saturated carbocycles. The van der Waals surface area contributed by atoms with Crippen LogP contribution in [-0.2, 0) is 4.79 Å². The second-order valence-electron chi connectivity index (χ2n) is 6.10. The Morgan fingerprint density at radius 1 is 0.870 bits per heavy atom. The minimum absolute atomic E-state index is 0. The van der Waals surface area contributed by atoms with Gasteiger partial charge in [0.25, 0.3) is 0 Å².